The Hall–Kier alpha value is -1.07. The van der Waals surface area contributed by atoms with Crippen LogP contribution in [0.1, 0.15) is 31.9 Å². The normalized spacial score (nSPS) is 21.1. The van der Waals surface area contributed by atoms with E-state index in [0.717, 1.165) is 25.3 Å². The zero-order valence-corrected chi connectivity index (χ0v) is 11.3. The first kappa shape index (κ1) is 13.4. The van der Waals surface area contributed by atoms with E-state index in [2.05, 4.69) is 29.2 Å². The fourth-order valence-corrected chi connectivity index (χ4v) is 2.21. The van der Waals surface area contributed by atoms with Crippen molar-refractivity contribution in [2.75, 3.05) is 26.7 Å². The Labute approximate surface area is 109 Å². The van der Waals surface area contributed by atoms with Crippen molar-refractivity contribution in [3.05, 3.63) is 12.0 Å². The van der Waals surface area contributed by atoms with E-state index in [-0.39, 0.29) is 0 Å². The predicted octanol–water partition coefficient (Wildman–Crippen LogP) is 1.65. The molecule has 18 heavy (non-hydrogen) atoms. The van der Waals surface area contributed by atoms with Crippen LogP contribution in [0, 0.1) is 0 Å². The molecule has 102 valence electrons. The van der Waals surface area contributed by atoms with Crippen LogP contribution >= 0.6 is 0 Å². The summed E-state index contributed by atoms with van der Waals surface area (Å²) in [7, 11) is 2.15. The van der Waals surface area contributed by atoms with Gasteiger partial charge in [0.05, 0.1) is 5.69 Å². The van der Waals surface area contributed by atoms with Crippen LogP contribution in [0.25, 0.3) is 0 Å². The van der Waals surface area contributed by atoms with Gasteiger partial charge in [-0.25, -0.2) is 0 Å². The van der Waals surface area contributed by atoms with Gasteiger partial charge in [-0.05, 0) is 33.0 Å². The van der Waals surface area contributed by atoms with E-state index < -0.39 is 0 Å². The summed E-state index contributed by atoms with van der Waals surface area (Å²) in [4.78, 5) is 6.64. The molecule has 1 aromatic rings. The van der Waals surface area contributed by atoms with Gasteiger partial charge < -0.3 is 19.4 Å². The quantitative estimate of drug-likeness (QED) is 0.835. The zero-order valence-electron chi connectivity index (χ0n) is 11.3. The molecule has 1 aliphatic rings. The molecule has 1 aromatic heterocycles. The van der Waals surface area contributed by atoms with Crippen LogP contribution in [0.5, 0.6) is 6.08 Å². The Kier molecular flexibility index (Phi) is 5.01. The second-order valence-corrected chi connectivity index (χ2v) is 4.83. The molecule has 1 atom stereocenters. The van der Waals surface area contributed by atoms with E-state index in [1.54, 1.807) is 6.26 Å². The van der Waals surface area contributed by atoms with E-state index >= 15 is 0 Å². The number of rotatable bonds is 6. The summed E-state index contributed by atoms with van der Waals surface area (Å²) in [6.45, 7) is 5.54. The summed E-state index contributed by atoms with van der Waals surface area (Å²) < 4.78 is 10.9. The molecule has 0 bridgehead atoms. The number of nitrogens with one attached hydrogen (secondary N) is 1. The van der Waals surface area contributed by atoms with Crippen molar-refractivity contribution in [2.45, 2.75) is 38.8 Å². The van der Waals surface area contributed by atoms with E-state index in [0.29, 0.717) is 18.7 Å². The van der Waals surface area contributed by atoms with Gasteiger partial charge in [0.2, 0.25) is 0 Å². The smallest absolute Gasteiger partial charge is 0.393 e. The van der Waals surface area contributed by atoms with Gasteiger partial charge in [-0.3, -0.25) is 0 Å². The van der Waals surface area contributed by atoms with Crippen LogP contribution < -0.4 is 10.1 Å². The number of hydrogen-bond donors (Lipinski definition) is 1. The van der Waals surface area contributed by atoms with Crippen molar-refractivity contribution < 1.29 is 9.15 Å². The van der Waals surface area contributed by atoms with Crippen molar-refractivity contribution in [2.24, 2.45) is 0 Å². The van der Waals surface area contributed by atoms with E-state index in [1.807, 2.05) is 0 Å². The summed E-state index contributed by atoms with van der Waals surface area (Å²) in [6.07, 6.45) is 5.82. The number of hydrogen-bond acceptors (Lipinski definition) is 5. The van der Waals surface area contributed by atoms with Gasteiger partial charge in [0.15, 0.2) is 0 Å². The van der Waals surface area contributed by atoms with Gasteiger partial charge >= 0.3 is 6.08 Å². The molecule has 0 radical (unpaired) electrons. The van der Waals surface area contributed by atoms with Crippen molar-refractivity contribution in [1.82, 2.24) is 15.2 Å². The topological polar surface area (TPSA) is 50.5 Å². The monoisotopic (exact) mass is 253 g/mol. The van der Waals surface area contributed by atoms with Gasteiger partial charge in [-0.2, -0.15) is 4.98 Å². The average molecular weight is 253 g/mol. The van der Waals surface area contributed by atoms with Gasteiger partial charge in [0, 0.05) is 12.6 Å². The highest BCUT2D eigenvalue weighted by molar-refractivity contribution is 4.99. The average Bonchev–Trinajstić information content (AvgIpc) is 2.83. The molecule has 0 amide bonds. The number of ether oxygens (including phenoxy) is 1. The van der Waals surface area contributed by atoms with Crippen molar-refractivity contribution in [3.63, 3.8) is 0 Å². The van der Waals surface area contributed by atoms with Crippen LogP contribution in [0.3, 0.4) is 0 Å². The summed E-state index contributed by atoms with van der Waals surface area (Å²) in [5, 5.41) is 3.20. The Morgan fingerprint density at radius 1 is 1.56 bits per heavy atom. The SMILES string of the molecule is CCNCc1coc(OCC2CCCCN2C)n1. The highest BCUT2D eigenvalue weighted by Crippen LogP contribution is 2.17. The highest BCUT2D eigenvalue weighted by atomic mass is 16.6. The molecule has 0 aliphatic carbocycles. The van der Waals surface area contributed by atoms with Crippen molar-refractivity contribution >= 4 is 0 Å². The molecule has 0 saturated carbocycles. The summed E-state index contributed by atoms with van der Waals surface area (Å²) in [5.41, 5.74) is 0.892. The number of nitrogens with zero attached hydrogens (tertiary/aromatic N) is 2. The van der Waals surface area contributed by atoms with Crippen LogP contribution in [-0.2, 0) is 6.54 Å². The van der Waals surface area contributed by atoms with Crippen molar-refractivity contribution in [3.8, 4) is 6.08 Å². The van der Waals surface area contributed by atoms with Crippen LogP contribution in [0.2, 0.25) is 0 Å². The van der Waals surface area contributed by atoms with Gasteiger partial charge in [0.1, 0.15) is 12.9 Å². The highest BCUT2D eigenvalue weighted by Gasteiger charge is 2.20. The van der Waals surface area contributed by atoms with Crippen molar-refractivity contribution in [1.29, 1.82) is 0 Å². The Bertz CT molecular complexity index is 354. The lowest BCUT2D eigenvalue weighted by atomic mass is 10.0. The molecular formula is C13H23N3O2. The Morgan fingerprint density at radius 3 is 3.22 bits per heavy atom. The Balaban J connectivity index is 1.77. The molecule has 1 N–H and O–H groups in total. The molecule has 5 nitrogen and oxygen atoms in total. The lowest BCUT2D eigenvalue weighted by molar-refractivity contribution is 0.106. The third-order valence-electron chi connectivity index (χ3n) is 3.41. The largest absolute Gasteiger partial charge is 0.449 e. The minimum atomic E-state index is 0.391. The van der Waals surface area contributed by atoms with E-state index in [1.165, 1.54) is 19.3 Å². The number of likely N-dealkylation sites (tertiary alicyclic amines) is 1. The lowest BCUT2D eigenvalue weighted by Crippen LogP contribution is -2.40. The maximum Gasteiger partial charge on any atom is 0.393 e. The van der Waals surface area contributed by atoms with Gasteiger partial charge in [-0.15, -0.1) is 0 Å². The molecule has 0 spiro atoms. The standard InChI is InChI=1S/C13H23N3O2/c1-3-14-8-11-9-17-13(15-11)18-10-12-6-4-5-7-16(12)2/h9,12,14H,3-8,10H2,1-2H3. The maximum atomic E-state index is 5.63. The zero-order chi connectivity index (χ0) is 12.8. The summed E-state index contributed by atoms with van der Waals surface area (Å²) in [5.74, 6) is 0. The maximum absolute atomic E-state index is 5.63. The molecule has 2 rings (SSSR count). The summed E-state index contributed by atoms with van der Waals surface area (Å²) >= 11 is 0. The molecule has 2 heterocycles. The molecule has 0 aromatic carbocycles. The number of likely N-dealkylation sites (N-methyl/N-ethyl adjacent to an activating group) is 1. The first-order valence-corrected chi connectivity index (χ1v) is 6.77. The first-order valence-electron chi connectivity index (χ1n) is 6.77. The molecule has 1 aliphatic heterocycles. The third-order valence-corrected chi connectivity index (χ3v) is 3.41. The van der Waals surface area contributed by atoms with Gasteiger partial charge in [0.25, 0.3) is 0 Å². The minimum absolute atomic E-state index is 0.391. The van der Waals surface area contributed by atoms with Crippen LogP contribution in [0.15, 0.2) is 10.7 Å². The second kappa shape index (κ2) is 6.75. The molecule has 5 heteroatoms. The first-order chi connectivity index (χ1) is 8.79. The summed E-state index contributed by atoms with van der Waals surface area (Å²) in [6, 6.07) is 0.489. The van der Waals surface area contributed by atoms with Gasteiger partial charge in [-0.1, -0.05) is 13.3 Å². The Morgan fingerprint density at radius 2 is 2.44 bits per heavy atom. The fraction of sp³-hybridized carbons (Fsp3) is 0.769. The van der Waals surface area contributed by atoms with Crippen LogP contribution in [-0.4, -0.2) is 42.7 Å². The second-order valence-electron chi connectivity index (χ2n) is 4.83. The fourth-order valence-electron chi connectivity index (χ4n) is 2.21. The van der Waals surface area contributed by atoms with E-state index in [9.17, 15) is 0 Å². The molecule has 1 unspecified atom stereocenters. The number of piperidine rings is 1. The number of aromatic nitrogens is 1. The van der Waals surface area contributed by atoms with E-state index in [4.69, 9.17) is 9.15 Å². The number of oxazole rings is 1. The molecule has 1 saturated heterocycles. The third kappa shape index (κ3) is 3.71. The molecular weight excluding hydrogens is 230 g/mol. The predicted molar refractivity (Wildman–Crippen MR) is 69.6 cm³/mol. The van der Waals surface area contributed by atoms with Crippen LogP contribution in [0.4, 0.5) is 0 Å². The minimum Gasteiger partial charge on any atom is -0.449 e. The molecule has 1 fully saturated rings. The lowest BCUT2D eigenvalue weighted by Gasteiger charge is -2.31.